The van der Waals surface area contributed by atoms with Gasteiger partial charge >= 0.3 is 0 Å². The number of amides is 1. The first-order valence-corrected chi connectivity index (χ1v) is 6.14. The standard InChI is InChI=1S/C15H20N2O2/c1-15(2,3)19-11-14(18)17-13-9-5-4-7-12(13)8-6-10-16/h4-5,7,9H,10-11,16H2,1-3H3,(H,17,18). The number of benzene rings is 1. The van der Waals surface area contributed by atoms with Gasteiger partial charge in [-0.2, -0.15) is 0 Å². The van der Waals surface area contributed by atoms with Crippen LogP contribution in [0.1, 0.15) is 26.3 Å². The molecule has 1 aromatic carbocycles. The Morgan fingerprint density at radius 2 is 2.05 bits per heavy atom. The summed E-state index contributed by atoms with van der Waals surface area (Å²) in [6.45, 7) is 6.01. The average molecular weight is 260 g/mol. The van der Waals surface area contributed by atoms with Crippen LogP contribution in [0.25, 0.3) is 0 Å². The number of carbonyl (C=O) groups excluding carboxylic acids is 1. The quantitative estimate of drug-likeness (QED) is 0.814. The van der Waals surface area contributed by atoms with Crippen molar-refractivity contribution in [3.63, 3.8) is 0 Å². The molecule has 0 aliphatic rings. The molecule has 0 aliphatic heterocycles. The van der Waals surface area contributed by atoms with E-state index >= 15 is 0 Å². The Morgan fingerprint density at radius 3 is 2.68 bits per heavy atom. The molecule has 1 rings (SSSR count). The van der Waals surface area contributed by atoms with Crippen LogP contribution in [-0.4, -0.2) is 24.7 Å². The molecule has 0 aliphatic carbocycles. The molecule has 0 spiro atoms. The Kier molecular flexibility index (Phi) is 5.56. The minimum absolute atomic E-state index is 0.0160. The van der Waals surface area contributed by atoms with Crippen molar-refractivity contribution >= 4 is 11.6 Å². The summed E-state index contributed by atoms with van der Waals surface area (Å²) in [7, 11) is 0. The number of nitrogens with two attached hydrogens (primary N) is 1. The van der Waals surface area contributed by atoms with Crippen molar-refractivity contribution < 1.29 is 9.53 Å². The van der Waals surface area contributed by atoms with E-state index in [0.717, 1.165) is 5.56 Å². The second kappa shape index (κ2) is 6.93. The third kappa shape index (κ3) is 6.05. The van der Waals surface area contributed by atoms with Gasteiger partial charge in [0.2, 0.25) is 5.91 Å². The van der Waals surface area contributed by atoms with Crippen molar-refractivity contribution in [1.82, 2.24) is 0 Å². The van der Waals surface area contributed by atoms with E-state index in [9.17, 15) is 4.79 Å². The molecule has 0 saturated heterocycles. The Balaban J connectivity index is 2.69. The lowest BCUT2D eigenvalue weighted by molar-refractivity contribution is -0.125. The van der Waals surface area contributed by atoms with Crippen LogP contribution in [0, 0.1) is 11.8 Å². The third-order valence-electron chi connectivity index (χ3n) is 2.16. The van der Waals surface area contributed by atoms with Crippen LogP contribution in [0.2, 0.25) is 0 Å². The van der Waals surface area contributed by atoms with Gasteiger partial charge in [-0.15, -0.1) is 0 Å². The summed E-state index contributed by atoms with van der Waals surface area (Å²) >= 11 is 0. The van der Waals surface area contributed by atoms with Crippen molar-refractivity contribution in [2.24, 2.45) is 5.73 Å². The highest BCUT2D eigenvalue weighted by molar-refractivity contribution is 5.93. The van der Waals surface area contributed by atoms with Crippen LogP contribution < -0.4 is 11.1 Å². The second-order valence-electron chi connectivity index (χ2n) is 5.00. The number of ether oxygens (including phenoxy) is 1. The summed E-state index contributed by atoms with van der Waals surface area (Å²) < 4.78 is 5.42. The highest BCUT2D eigenvalue weighted by atomic mass is 16.5. The maximum Gasteiger partial charge on any atom is 0.250 e. The molecule has 0 radical (unpaired) electrons. The van der Waals surface area contributed by atoms with Crippen LogP contribution in [0.3, 0.4) is 0 Å². The van der Waals surface area contributed by atoms with Gasteiger partial charge in [-0.05, 0) is 32.9 Å². The average Bonchev–Trinajstić information content (AvgIpc) is 2.34. The number of rotatable bonds is 3. The van der Waals surface area contributed by atoms with Crippen LogP contribution in [0.4, 0.5) is 5.69 Å². The van der Waals surface area contributed by atoms with E-state index in [1.54, 1.807) is 6.07 Å². The molecule has 0 atom stereocenters. The van der Waals surface area contributed by atoms with Gasteiger partial charge in [0.15, 0.2) is 0 Å². The van der Waals surface area contributed by atoms with Gasteiger partial charge in [-0.25, -0.2) is 0 Å². The number of anilines is 1. The predicted molar refractivity (Wildman–Crippen MR) is 76.7 cm³/mol. The highest BCUT2D eigenvalue weighted by Crippen LogP contribution is 2.14. The van der Waals surface area contributed by atoms with Gasteiger partial charge in [-0.1, -0.05) is 24.0 Å². The van der Waals surface area contributed by atoms with Gasteiger partial charge in [0.1, 0.15) is 6.61 Å². The monoisotopic (exact) mass is 260 g/mol. The zero-order valence-corrected chi connectivity index (χ0v) is 11.6. The fraction of sp³-hybridized carbons (Fsp3) is 0.400. The maximum atomic E-state index is 11.8. The Morgan fingerprint density at radius 1 is 1.37 bits per heavy atom. The molecule has 0 heterocycles. The second-order valence-corrected chi connectivity index (χ2v) is 5.00. The Hall–Kier alpha value is -1.83. The number of hydrogen-bond acceptors (Lipinski definition) is 3. The van der Waals surface area contributed by atoms with Crippen molar-refractivity contribution in [1.29, 1.82) is 0 Å². The summed E-state index contributed by atoms with van der Waals surface area (Å²) in [6.07, 6.45) is 0. The number of para-hydroxylation sites is 1. The topological polar surface area (TPSA) is 64.3 Å². The van der Waals surface area contributed by atoms with E-state index < -0.39 is 0 Å². The predicted octanol–water partition coefficient (Wildman–Crippen LogP) is 1.75. The van der Waals surface area contributed by atoms with Gasteiger partial charge in [0.05, 0.1) is 17.8 Å². The van der Waals surface area contributed by atoms with Gasteiger partial charge in [0, 0.05) is 5.56 Å². The molecule has 3 N–H and O–H groups in total. The number of carbonyl (C=O) groups is 1. The lowest BCUT2D eigenvalue weighted by Gasteiger charge is -2.19. The summed E-state index contributed by atoms with van der Waals surface area (Å²) in [5.41, 5.74) is 6.42. The zero-order valence-electron chi connectivity index (χ0n) is 11.6. The van der Waals surface area contributed by atoms with E-state index in [-0.39, 0.29) is 24.7 Å². The molecule has 0 saturated carbocycles. The van der Waals surface area contributed by atoms with Crippen molar-refractivity contribution in [2.75, 3.05) is 18.5 Å². The summed E-state index contributed by atoms with van der Waals surface area (Å²) in [6, 6.07) is 7.34. The molecular weight excluding hydrogens is 240 g/mol. The molecule has 0 unspecified atom stereocenters. The van der Waals surface area contributed by atoms with E-state index in [1.807, 2.05) is 39.0 Å². The molecule has 1 aromatic rings. The molecular formula is C15H20N2O2. The smallest absolute Gasteiger partial charge is 0.250 e. The van der Waals surface area contributed by atoms with Crippen LogP contribution >= 0.6 is 0 Å². The number of nitrogens with one attached hydrogen (secondary N) is 1. The fourth-order valence-electron chi connectivity index (χ4n) is 1.32. The third-order valence-corrected chi connectivity index (χ3v) is 2.16. The number of hydrogen-bond donors (Lipinski definition) is 2. The fourth-order valence-corrected chi connectivity index (χ4v) is 1.32. The molecule has 4 heteroatoms. The largest absolute Gasteiger partial charge is 0.366 e. The first kappa shape index (κ1) is 15.2. The van der Waals surface area contributed by atoms with Crippen molar-refractivity contribution in [3.05, 3.63) is 29.8 Å². The van der Waals surface area contributed by atoms with Crippen LogP contribution in [0.5, 0.6) is 0 Å². The Bertz CT molecular complexity index is 493. The first-order valence-electron chi connectivity index (χ1n) is 6.14. The normalized spacial score (nSPS) is 10.5. The molecule has 102 valence electrons. The minimum atomic E-state index is -0.337. The summed E-state index contributed by atoms with van der Waals surface area (Å²) in [5, 5.41) is 2.78. The van der Waals surface area contributed by atoms with E-state index in [4.69, 9.17) is 10.5 Å². The molecule has 0 bridgehead atoms. The minimum Gasteiger partial charge on any atom is -0.366 e. The Labute approximate surface area is 114 Å². The maximum absolute atomic E-state index is 11.8. The molecule has 1 amide bonds. The van der Waals surface area contributed by atoms with Gasteiger partial charge < -0.3 is 15.8 Å². The molecule has 0 aromatic heterocycles. The van der Waals surface area contributed by atoms with E-state index in [1.165, 1.54) is 0 Å². The highest BCUT2D eigenvalue weighted by Gasteiger charge is 2.13. The van der Waals surface area contributed by atoms with Gasteiger partial charge in [-0.3, -0.25) is 4.79 Å². The summed E-state index contributed by atoms with van der Waals surface area (Å²) in [5.74, 6) is 5.49. The SMILES string of the molecule is CC(C)(C)OCC(=O)Nc1ccccc1C#CCN. The van der Waals surface area contributed by atoms with Crippen molar-refractivity contribution in [2.45, 2.75) is 26.4 Å². The van der Waals surface area contributed by atoms with Crippen LogP contribution in [-0.2, 0) is 9.53 Å². The van der Waals surface area contributed by atoms with E-state index in [2.05, 4.69) is 17.2 Å². The molecule has 19 heavy (non-hydrogen) atoms. The van der Waals surface area contributed by atoms with Gasteiger partial charge in [0.25, 0.3) is 0 Å². The van der Waals surface area contributed by atoms with Crippen molar-refractivity contribution in [3.8, 4) is 11.8 Å². The summed E-state index contributed by atoms with van der Waals surface area (Å²) in [4.78, 5) is 11.8. The lowest BCUT2D eigenvalue weighted by Crippen LogP contribution is -2.27. The molecule has 0 fully saturated rings. The zero-order chi connectivity index (χ0) is 14.3. The first-order chi connectivity index (χ1) is 8.92. The lowest BCUT2D eigenvalue weighted by atomic mass is 10.2. The van der Waals surface area contributed by atoms with E-state index in [0.29, 0.717) is 5.69 Å². The molecule has 4 nitrogen and oxygen atoms in total. The van der Waals surface area contributed by atoms with Crippen LogP contribution in [0.15, 0.2) is 24.3 Å².